The number of amides is 1. The third-order valence-corrected chi connectivity index (χ3v) is 1.85. The van der Waals surface area contributed by atoms with E-state index < -0.39 is 6.09 Å². The van der Waals surface area contributed by atoms with E-state index in [0.29, 0.717) is 12.3 Å². The van der Waals surface area contributed by atoms with Gasteiger partial charge < -0.3 is 4.74 Å². The summed E-state index contributed by atoms with van der Waals surface area (Å²) in [6, 6.07) is 10.7. The minimum atomic E-state index is -0.495. The molecule has 15 heavy (non-hydrogen) atoms. The summed E-state index contributed by atoms with van der Waals surface area (Å²) >= 11 is 0. The van der Waals surface area contributed by atoms with Gasteiger partial charge in [-0.1, -0.05) is 18.2 Å². The number of rotatable bonds is 3. The minimum absolute atomic E-state index is 0.0438. The van der Waals surface area contributed by atoms with Gasteiger partial charge in [0.1, 0.15) is 12.3 Å². The monoisotopic (exact) mass is 204 g/mol. The average molecular weight is 204 g/mol. The minimum Gasteiger partial charge on any atom is -0.410 e. The van der Waals surface area contributed by atoms with E-state index in [9.17, 15) is 4.79 Å². The van der Waals surface area contributed by atoms with E-state index in [2.05, 4.69) is 0 Å². The first kappa shape index (κ1) is 11.1. The van der Waals surface area contributed by atoms with Crippen LogP contribution < -0.4 is 4.74 Å². The zero-order valence-electron chi connectivity index (χ0n) is 8.51. The van der Waals surface area contributed by atoms with Gasteiger partial charge >= 0.3 is 6.09 Å². The van der Waals surface area contributed by atoms with Crippen molar-refractivity contribution in [2.45, 2.75) is 6.92 Å². The molecule has 0 heterocycles. The Bertz CT molecular complexity index is 357. The van der Waals surface area contributed by atoms with Gasteiger partial charge in [-0.05, 0) is 19.1 Å². The summed E-state index contributed by atoms with van der Waals surface area (Å²) in [5.74, 6) is 0.485. The van der Waals surface area contributed by atoms with Gasteiger partial charge in [-0.25, -0.2) is 4.79 Å². The lowest BCUT2D eigenvalue weighted by atomic mass is 10.3. The van der Waals surface area contributed by atoms with Gasteiger partial charge in [0.2, 0.25) is 0 Å². The maximum Gasteiger partial charge on any atom is 0.416 e. The van der Waals surface area contributed by atoms with Crippen molar-refractivity contribution < 1.29 is 9.53 Å². The maximum atomic E-state index is 11.5. The van der Waals surface area contributed by atoms with Crippen molar-refractivity contribution in [2.24, 2.45) is 0 Å². The number of hydrogen-bond donors (Lipinski definition) is 0. The third kappa shape index (κ3) is 3.31. The highest BCUT2D eigenvalue weighted by Crippen LogP contribution is 2.09. The largest absolute Gasteiger partial charge is 0.416 e. The van der Waals surface area contributed by atoms with Crippen LogP contribution in [0.1, 0.15) is 6.92 Å². The molecule has 0 aliphatic rings. The van der Waals surface area contributed by atoms with Crippen LogP contribution in [0.5, 0.6) is 5.75 Å². The van der Waals surface area contributed by atoms with Crippen LogP contribution in [0.25, 0.3) is 0 Å². The van der Waals surface area contributed by atoms with Gasteiger partial charge in [0.25, 0.3) is 0 Å². The second-order valence-corrected chi connectivity index (χ2v) is 2.85. The molecule has 0 unspecified atom stereocenters. The Hall–Kier alpha value is -2.02. The number of carbonyl (C=O) groups excluding carboxylic acids is 1. The van der Waals surface area contributed by atoms with Crippen molar-refractivity contribution in [2.75, 3.05) is 13.1 Å². The normalized spacial score (nSPS) is 9.07. The van der Waals surface area contributed by atoms with E-state index in [1.807, 2.05) is 12.1 Å². The lowest BCUT2D eigenvalue weighted by Crippen LogP contribution is -2.33. The third-order valence-electron chi connectivity index (χ3n) is 1.85. The van der Waals surface area contributed by atoms with Crippen LogP contribution in [0.3, 0.4) is 0 Å². The van der Waals surface area contributed by atoms with Crippen molar-refractivity contribution in [1.29, 1.82) is 5.26 Å². The average Bonchev–Trinajstić information content (AvgIpc) is 2.27. The number of carbonyl (C=O) groups is 1. The SMILES string of the molecule is CCN(CC#N)C(=O)Oc1ccccc1. The molecule has 1 aromatic carbocycles. The van der Waals surface area contributed by atoms with Crippen molar-refractivity contribution in [3.8, 4) is 11.8 Å². The number of ether oxygens (including phenoxy) is 1. The molecule has 0 radical (unpaired) electrons. The van der Waals surface area contributed by atoms with Crippen LogP contribution in [0.2, 0.25) is 0 Å². The van der Waals surface area contributed by atoms with Crippen LogP contribution in [0.4, 0.5) is 4.79 Å². The van der Waals surface area contributed by atoms with Gasteiger partial charge in [0, 0.05) is 6.54 Å². The Morgan fingerprint density at radius 1 is 1.47 bits per heavy atom. The Morgan fingerprint density at radius 3 is 2.67 bits per heavy atom. The highest BCUT2D eigenvalue weighted by atomic mass is 16.6. The lowest BCUT2D eigenvalue weighted by Gasteiger charge is -2.16. The molecule has 0 fully saturated rings. The first-order valence-electron chi connectivity index (χ1n) is 4.66. The summed E-state index contributed by atoms with van der Waals surface area (Å²) in [5.41, 5.74) is 0. The Kier molecular flexibility index (Phi) is 4.17. The smallest absolute Gasteiger partial charge is 0.410 e. The molecule has 0 saturated heterocycles. The fourth-order valence-electron chi connectivity index (χ4n) is 1.04. The van der Waals surface area contributed by atoms with Gasteiger partial charge in [-0.2, -0.15) is 5.26 Å². The molecule has 0 N–H and O–H groups in total. The van der Waals surface area contributed by atoms with Crippen molar-refractivity contribution in [1.82, 2.24) is 4.90 Å². The Morgan fingerprint density at radius 2 is 2.13 bits per heavy atom. The standard InChI is InChI=1S/C11H12N2O2/c1-2-13(9-8-12)11(14)15-10-6-4-3-5-7-10/h3-7H,2,9H2,1H3. The Labute approximate surface area is 88.7 Å². The topological polar surface area (TPSA) is 53.3 Å². The second-order valence-electron chi connectivity index (χ2n) is 2.85. The molecule has 4 nitrogen and oxygen atoms in total. The lowest BCUT2D eigenvalue weighted by molar-refractivity contribution is 0.160. The van der Waals surface area contributed by atoms with Crippen LogP contribution in [0.15, 0.2) is 30.3 Å². The quantitative estimate of drug-likeness (QED) is 0.708. The molecule has 0 atom stereocenters. The number of nitrogens with zero attached hydrogens (tertiary/aromatic N) is 2. The molecular weight excluding hydrogens is 192 g/mol. The summed E-state index contributed by atoms with van der Waals surface area (Å²) in [5, 5.41) is 8.48. The molecule has 0 aliphatic carbocycles. The molecular formula is C11H12N2O2. The number of benzene rings is 1. The molecule has 0 spiro atoms. The number of para-hydroxylation sites is 1. The van der Waals surface area contributed by atoms with Crippen LogP contribution >= 0.6 is 0 Å². The maximum absolute atomic E-state index is 11.5. The van der Waals surface area contributed by atoms with Gasteiger partial charge in [0.05, 0.1) is 6.07 Å². The molecule has 0 aliphatic heterocycles. The number of hydrogen-bond acceptors (Lipinski definition) is 3. The van der Waals surface area contributed by atoms with Crippen LogP contribution in [0, 0.1) is 11.3 Å². The molecule has 0 bridgehead atoms. The molecule has 0 aromatic heterocycles. The molecule has 1 rings (SSSR count). The van der Waals surface area contributed by atoms with E-state index in [1.54, 1.807) is 31.2 Å². The zero-order chi connectivity index (χ0) is 11.1. The van der Waals surface area contributed by atoms with Crippen LogP contribution in [-0.2, 0) is 0 Å². The highest BCUT2D eigenvalue weighted by molar-refractivity contribution is 5.70. The van der Waals surface area contributed by atoms with E-state index in [4.69, 9.17) is 10.00 Å². The molecule has 0 saturated carbocycles. The summed E-state index contributed by atoms with van der Waals surface area (Å²) in [6.07, 6.45) is -0.495. The molecule has 1 aromatic rings. The Balaban J connectivity index is 2.59. The van der Waals surface area contributed by atoms with E-state index >= 15 is 0 Å². The molecule has 1 amide bonds. The van der Waals surface area contributed by atoms with Crippen molar-refractivity contribution in [3.63, 3.8) is 0 Å². The first-order valence-corrected chi connectivity index (χ1v) is 4.66. The predicted octanol–water partition coefficient (Wildman–Crippen LogP) is 2.03. The van der Waals surface area contributed by atoms with Gasteiger partial charge in [-0.15, -0.1) is 0 Å². The summed E-state index contributed by atoms with van der Waals surface area (Å²) in [4.78, 5) is 12.8. The van der Waals surface area contributed by atoms with E-state index in [0.717, 1.165) is 0 Å². The van der Waals surface area contributed by atoms with E-state index in [-0.39, 0.29) is 6.54 Å². The van der Waals surface area contributed by atoms with E-state index in [1.165, 1.54) is 4.90 Å². The van der Waals surface area contributed by atoms with Crippen LogP contribution in [-0.4, -0.2) is 24.1 Å². The summed E-state index contributed by atoms with van der Waals surface area (Å²) in [6.45, 7) is 2.30. The molecule has 78 valence electrons. The zero-order valence-corrected chi connectivity index (χ0v) is 8.51. The summed E-state index contributed by atoms with van der Waals surface area (Å²) in [7, 11) is 0. The first-order chi connectivity index (χ1) is 7.27. The molecule has 4 heteroatoms. The number of nitriles is 1. The fraction of sp³-hybridized carbons (Fsp3) is 0.273. The van der Waals surface area contributed by atoms with Gasteiger partial charge in [-0.3, -0.25) is 4.90 Å². The predicted molar refractivity (Wildman–Crippen MR) is 55.3 cm³/mol. The summed E-state index contributed by atoms with van der Waals surface area (Å²) < 4.78 is 5.06. The highest BCUT2D eigenvalue weighted by Gasteiger charge is 2.12. The van der Waals surface area contributed by atoms with Gasteiger partial charge in [0.15, 0.2) is 0 Å². The van der Waals surface area contributed by atoms with Crippen molar-refractivity contribution in [3.05, 3.63) is 30.3 Å². The second kappa shape index (κ2) is 5.66. The fourth-order valence-corrected chi connectivity index (χ4v) is 1.04. The van der Waals surface area contributed by atoms with Crippen molar-refractivity contribution >= 4 is 6.09 Å².